The second kappa shape index (κ2) is 6.12. The predicted molar refractivity (Wildman–Crippen MR) is 97.5 cm³/mol. The van der Waals surface area contributed by atoms with Crippen LogP contribution in [0.3, 0.4) is 0 Å². The van der Waals surface area contributed by atoms with Crippen molar-refractivity contribution in [2.24, 2.45) is 0 Å². The van der Waals surface area contributed by atoms with E-state index in [-0.39, 0.29) is 12.2 Å². The standard InChI is InChI=1S/C21H23NO3/c1-13-5-7-17(8-6-13)12-22-19-15(3)9-14(2)10-18(19)21(25,20(22)24)11-16(4)23/h5-10,25H,11-12H2,1-4H3. The number of anilines is 1. The number of hydrogen-bond donors (Lipinski definition) is 1. The highest BCUT2D eigenvalue weighted by Crippen LogP contribution is 2.45. The van der Waals surface area contributed by atoms with Crippen LogP contribution in [0.5, 0.6) is 0 Å². The molecule has 0 saturated heterocycles. The zero-order valence-corrected chi connectivity index (χ0v) is 15.1. The summed E-state index contributed by atoms with van der Waals surface area (Å²) in [5, 5.41) is 11.1. The molecule has 1 aliphatic rings. The molecule has 25 heavy (non-hydrogen) atoms. The van der Waals surface area contributed by atoms with Crippen molar-refractivity contribution in [3.63, 3.8) is 0 Å². The normalized spacial score (nSPS) is 19.2. The highest BCUT2D eigenvalue weighted by Gasteiger charge is 2.51. The summed E-state index contributed by atoms with van der Waals surface area (Å²) >= 11 is 0. The summed E-state index contributed by atoms with van der Waals surface area (Å²) in [6, 6.07) is 11.8. The number of aliphatic hydroxyl groups is 1. The molecule has 4 heteroatoms. The van der Waals surface area contributed by atoms with Crippen molar-refractivity contribution in [1.82, 2.24) is 0 Å². The van der Waals surface area contributed by atoms with Gasteiger partial charge >= 0.3 is 0 Å². The third-order valence-corrected chi connectivity index (χ3v) is 4.73. The number of amides is 1. The van der Waals surface area contributed by atoms with Gasteiger partial charge in [0.05, 0.1) is 12.2 Å². The largest absolute Gasteiger partial charge is 0.375 e. The van der Waals surface area contributed by atoms with Gasteiger partial charge in [-0.15, -0.1) is 0 Å². The van der Waals surface area contributed by atoms with Crippen molar-refractivity contribution >= 4 is 17.4 Å². The Balaban J connectivity index is 2.10. The van der Waals surface area contributed by atoms with E-state index in [0.717, 1.165) is 27.9 Å². The fourth-order valence-electron chi connectivity index (χ4n) is 3.63. The van der Waals surface area contributed by atoms with Gasteiger partial charge in [0, 0.05) is 12.0 Å². The van der Waals surface area contributed by atoms with E-state index in [1.54, 1.807) is 4.90 Å². The minimum Gasteiger partial charge on any atom is -0.375 e. The van der Waals surface area contributed by atoms with E-state index >= 15 is 0 Å². The molecule has 0 radical (unpaired) electrons. The Hall–Kier alpha value is -2.46. The van der Waals surface area contributed by atoms with Crippen LogP contribution in [0.2, 0.25) is 0 Å². The number of ketones is 1. The second-order valence-electron chi connectivity index (χ2n) is 7.09. The first-order valence-corrected chi connectivity index (χ1v) is 8.43. The maximum Gasteiger partial charge on any atom is 0.264 e. The van der Waals surface area contributed by atoms with E-state index < -0.39 is 11.5 Å². The monoisotopic (exact) mass is 337 g/mol. The van der Waals surface area contributed by atoms with Gasteiger partial charge in [-0.25, -0.2) is 0 Å². The molecule has 0 saturated carbocycles. The Labute approximate surface area is 148 Å². The van der Waals surface area contributed by atoms with Crippen LogP contribution in [0.15, 0.2) is 36.4 Å². The maximum absolute atomic E-state index is 13.1. The Morgan fingerprint density at radius 1 is 1.08 bits per heavy atom. The van der Waals surface area contributed by atoms with Gasteiger partial charge in [0.2, 0.25) is 0 Å². The minimum atomic E-state index is -1.78. The first kappa shape index (κ1) is 17.4. The maximum atomic E-state index is 13.1. The van der Waals surface area contributed by atoms with Crippen LogP contribution in [0.4, 0.5) is 5.69 Å². The smallest absolute Gasteiger partial charge is 0.264 e. The topological polar surface area (TPSA) is 57.6 Å². The van der Waals surface area contributed by atoms with Crippen molar-refractivity contribution in [2.75, 3.05) is 4.90 Å². The number of hydrogen-bond acceptors (Lipinski definition) is 3. The van der Waals surface area contributed by atoms with E-state index in [1.165, 1.54) is 6.92 Å². The predicted octanol–water partition coefficient (Wildman–Crippen LogP) is 3.33. The van der Waals surface area contributed by atoms with E-state index in [0.29, 0.717) is 12.1 Å². The molecule has 3 rings (SSSR count). The molecule has 0 aromatic heterocycles. The van der Waals surface area contributed by atoms with Gasteiger partial charge in [0.1, 0.15) is 5.78 Å². The first-order valence-electron chi connectivity index (χ1n) is 8.43. The summed E-state index contributed by atoms with van der Waals surface area (Å²) in [5.74, 6) is -0.634. The lowest BCUT2D eigenvalue weighted by Crippen LogP contribution is -2.41. The number of carbonyl (C=O) groups is 2. The number of Topliss-reactive ketones (excluding diaryl/α,β-unsaturated/α-hetero) is 1. The molecule has 0 bridgehead atoms. The highest BCUT2D eigenvalue weighted by atomic mass is 16.3. The SMILES string of the molecule is CC(=O)CC1(O)C(=O)N(Cc2ccc(C)cc2)c2c(C)cc(C)cc21. The van der Waals surface area contributed by atoms with Gasteiger partial charge in [-0.2, -0.15) is 0 Å². The number of rotatable bonds is 4. The number of fused-ring (bicyclic) bond motifs is 1. The molecule has 1 amide bonds. The molecule has 1 heterocycles. The molecule has 1 aliphatic heterocycles. The number of carbonyl (C=O) groups excluding carboxylic acids is 2. The van der Waals surface area contributed by atoms with Gasteiger partial charge in [-0.1, -0.05) is 47.5 Å². The van der Waals surface area contributed by atoms with Gasteiger partial charge in [0.15, 0.2) is 5.60 Å². The Morgan fingerprint density at radius 2 is 1.72 bits per heavy atom. The Kier molecular flexibility index (Phi) is 4.25. The molecule has 2 aromatic rings. The number of benzene rings is 2. The van der Waals surface area contributed by atoms with Crippen LogP contribution >= 0.6 is 0 Å². The van der Waals surface area contributed by atoms with Crippen LogP contribution in [0, 0.1) is 20.8 Å². The van der Waals surface area contributed by atoms with Crippen molar-refractivity contribution in [2.45, 2.75) is 46.3 Å². The summed E-state index contributed by atoms with van der Waals surface area (Å²) in [5.41, 5.74) is 3.51. The van der Waals surface area contributed by atoms with Gasteiger partial charge in [-0.3, -0.25) is 9.59 Å². The molecular formula is C21H23NO3. The van der Waals surface area contributed by atoms with Gasteiger partial charge < -0.3 is 10.0 Å². The summed E-state index contributed by atoms with van der Waals surface area (Å²) < 4.78 is 0. The van der Waals surface area contributed by atoms with Crippen LogP contribution < -0.4 is 4.90 Å². The van der Waals surface area contributed by atoms with E-state index in [2.05, 4.69) is 0 Å². The second-order valence-corrected chi connectivity index (χ2v) is 7.09. The zero-order chi connectivity index (χ0) is 18.4. The van der Waals surface area contributed by atoms with E-state index in [1.807, 2.05) is 57.2 Å². The van der Waals surface area contributed by atoms with E-state index in [4.69, 9.17) is 0 Å². The third kappa shape index (κ3) is 2.98. The van der Waals surface area contributed by atoms with Crippen molar-refractivity contribution in [3.05, 3.63) is 64.2 Å². The number of aryl methyl sites for hydroxylation is 3. The molecule has 0 aliphatic carbocycles. The molecular weight excluding hydrogens is 314 g/mol. The first-order chi connectivity index (χ1) is 11.7. The van der Waals surface area contributed by atoms with Crippen molar-refractivity contribution in [3.8, 4) is 0 Å². The molecule has 2 aromatic carbocycles. The highest BCUT2D eigenvalue weighted by molar-refractivity contribution is 6.09. The summed E-state index contributed by atoms with van der Waals surface area (Å²) in [7, 11) is 0. The summed E-state index contributed by atoms with van der Waals surface area (Å²) in [6.45, 7) is 7.64. The van der Waals surface area contributed by atoms with Crippen molar-refractivity contribution < 1.29 is 14.7 Å². The fourth-order valence-corrected chi connectivity index (χ4v) is 3.63. The van der Waals surface area contributed by atoms with Crippen LogP contribution in [-0.4, -0.2) is 16.8 Å². The lowest BCUT2D eigenvalue weighted by Gasteiger charge is -2.22. The molecule has 4 nitrogen and oxygen atoms in total. The Bertz CT molecular complexity index is 854. The summed E-state index contributed by atoms with van der Waals surface area (Å²) in [4.78, 5) is 26.4. The van der Waals surface area contributed by atoms with Crippen LogP contribution in [0.1, 0.15) is 41.2 Å². The molecule has 1 N–H and O–H groups in total. The van der Waals surface area contributed by atoms with Crippen LogP contribution in [0.25, 0.3) is 0 Å². The molecule has 1 unspecified atom stereocenters. The van der Waals surface area contributed by atoms with Crippen LogP contribution in [-0.2, 0) is 21.7 Å². The lowest BCUT2D eigenvalue weighted by atomic mass is 9.88. The average Bonchev–Trinajstić information content (AvgIpc) is 2.71. The van der Waals surface area contributed by atoms with Gasteiger partial charge in [-0.05, 0) is 38.8 Å². The lowest BCUT2D eigenvalue weighted by molar-refractivity contribution is -0.141. The molecule has 130 valence electrons. The zero-order valence-electron chi connectivity index (χ0n) is 15.1. The summed E-state index contributed by atoms with van der Waals surface area (Å²) in [6.07, 6.45) is -0.202. The third-order valence-electron chi connectivity index (χ3n) is 4.73. The molecule has 0 spiro atoms. The fraction of sp³-hybridized carbons (Fsp3) is 0.333. The quantitative estimate of drug-likeness (QED) is 0.931. The molecule has 0 fully saturated rings. The van der Waals surface area contributed by atoms with Crippen molar-refractivity contribution in [1.29, 1.82) is 0 Å². The Morgan fingerprint density at radius 3 is 2.32 bits per heavy atom. The number of nitrogens with zero attached hydrogens (tertiary/aromatic N) is 1. The molecule has 1 atom stereocenters. The average molecular weight is 337 g/mol. The van der Waals surface area contributed by atoms with Gasteiger partial charge in [0.25, 0.3) is 5.91 Å². The van der Waals surface area contributed by atoms with E-state index in [9.17, 15) is 14.7 Å². The minimum absolute atomic E-state index is 0.202.